The third kappa shape index (κ3) is 3.96. The van der Waals surface area contributed by atoms with E-state index in [9.17, 15) is 0 Å². The first kappa shape index (κ1) is 16.3. The van der Waals surface area contributed by atoms with E-state index in [-0.39, 0.29) is 11.5 Å². The molecule has 0 saturated heterocycles. The molecule has 2 rings (SSSR count). The van der Waals surface area contributed by atoms with Crippen molar-refractivity contribution in [1.82, 2.24) is 4.98 Å². The fourth-order valence-electron chi connectivity index (χ4n) is 2.04. The zero-order valence-electron chi connectivity index (χ0n) is 12.8. The van der Waals surface area contributed by atoms with Gasteiger partial charge in [0.05, 0.1) is 17.8 Å². The third-order valence-electron chi connectivity index (χ3n) is 3.31. The first-order chi connectivity index (χ1) is 9.81. The topological polar surface area (TPSA) is 48.1 Å². The molecule has 0 saturated carbocycles. The molecule has 1 unspecified atom stereocenters. The molecule has 0 fully saturated rings. The minimum absolute atomic E-state index is 0.0663. The van der Waals surface area contributed by atoms with Gasteiger partial charge in [-0.3, -0.25) is 0 Å². The van der Waals surface area contributed by atoms with Crippen molar-refractivity contribution in [2.45, 2.75) is 38.6 Å². The number of thiazole rings is 1. The van der Waals surface area contributed by atoms with E-state index in [2.05, 4.69) is 26.2 Å². The van der Waals surface area contributed by atoms with Crippen LogP contribution in [0, 0.1) is 0 Å². The lowest BCUT2D eigenvalue weighted by Crippen LogP contribution is -2.15. The smallest absolute Gasteiger partial charge is 0.125 e. The molecule has 21 heavy (non-hydrogen) atoms. The Morgan fingerprint density at radius 1 is 1.38 bits per heavy atom. The summed E-state index contributed by atoms with van der Waals surface area (Å²) in [6.45, 7) is 6.48. The molecule has 0 amide bonds. The van der Waals surface area contributed by atoms with Crippen molar-refractivity contribution in [3.8, 4) is 5.75 Å². The summed E-state index contributed by atoms with van der Waals surface area (Å²) in [5.74, 6) is 0.725. The summed E-state index contributed by atoms with van der Waals surface area (Å²) in [4.78, 5) is 4.69. The van der Waals surface area contributed by atoms with Gasteiger partial charge < -0.3 is 10.5 Å². The molecule has 1 heterocycles. The average molecular weight is 325 g/mol. The lowest BCUT2D eigenvalue weighted by atomic mass is 9.93. The molecule has 0 aliphatic rings. The third-order valence-corrected chi connectivity index (χ3v) is 4.42. The van der Waals surface area contributed by atoms with Gasteiger partial charge in [0.1, 0.15) is 5.75 Å². The van der Waals surface area contributed by atoms with Gasteiger partial charge in [-0.15, -0.1) is 11.3 Å². The molecular formula is C16H21ClN2OS. The summed E-state index contributed by atoms with van der Waals surface area (Å²) in [6, 6.07) is 5.39. The Kier molecular flexibility index (Phi) is 4.91. The number of nitrogens with zero attached hydrogens (tertiary/aromatic N) is 1. The first-order valence-corrected chi connectivity index (χ1v) is 8.11. The predicted molar refractivity (Wildman–Crippen MR) is 89.5 cm³/mol. The van der Waals surface area contributed by atoms with Crippen molar-refractivity contribution in [2.24, 2.45) is 5.73 Å². The van der Waals surface area contributed by atoms with Crippen molar-refractivity contribution in [3.63, 3.8) is 0 Å². The maximum absolute atomic E-state index is 6.32. The Hall–Kier alpha value is -1.10. The van der Waals surface area contributed by atoms with Crippen LogP contribution in [0.5, 0.6) is 5.75 Å². The van der Waals surface area contributed by atoms with Crippen LogP contribution in [0.15, 0.2) is 23.6 Å². The van der Waals surface area contributed by atoms with Gasteiger partial charge in [-0.05, 0) is 12.1 Å². The van der Waals surface area contributed by atoms with Gasteiger partial charge in [-0.25, -0.2) is 4.98 Å². The highest BCUT2D eigenvalue weighted by Crippen LogP contribution is 2.31. The highest BCUT2D eigenvalue weighted by atomic mass is 35.5. The standard InChI is InChI=1S/C16H21ClN2OS/c1-16(2,3)14-9-21-15(19-14)8-12(18)11-6-5-10(17)7-13(11)20-4/h5-7,9,12H,8,18H2,1-4H3. The maximum atomic E-state index is 6.32. The maximum Gasteiger partial charge on any atom is 0.125 e. The number of nitrogens with two attached hydrogens (primary N) is 1. The number of methoxy groups -OCH3 is 1. The molecule has 3 nitrogen and oxygen atoms in total. The Labute approximate surface area is 135 Å². The Morgan fingerprint density at radius 3 is 2.67 bits per heavy atom. The SMILES string of the molecule is COc1cc(Cl)ccc1C(N)Cc1nc(C(C)(C)C)cs1. The second-order valence-corrected chi connectivity index (χ2v) is 7.45. The van der Waals surface area contributed by atoms with Crippen LogP contribution in [0.25, 0.3) is 0 Å². The molecule has 0 bridgehead atoms. The van der Waals surface area contributed by atoms with Crippen LogP contribution < -0.4 is 10.5 Å². The van der Waals surface area contributed by atoms with Gasteiger partial charge >= 0.3 is 0 Å². The lowest BCUT2D eigenvalue weighted by molar-refractivity contribution is 0.405. The molecule has 0 radical (unpaired) electrons. The number of ether oxygens (including phenoxy) is 1. The van der Waals surface area contributed by atoms with Gasteiger partial charge in [-0.1, -0.05) is 38.4 Å². The zero-order chi connectivity index (χ0) is 15.6. The second-order valence-electron chi connectivity index (χ2n) is 6.07. The van der Waals surface area contributed by atoms with Crippen molar-refractivity contribution in [1.29, 1.82) is 0 Å². The van der Waals surface area contributed by atoms with Crippen LogP contribution in [-0.4, -0.2) is 12.1 Å². The summed E-state index contributed by atoms with van der Waals surface area (Å²) in [6.07, 6.45) is 0.693. The van der Waals surface area contributed by atoms with E-state index in [0.717, 1.165) is 22.0 Å². The molecule has 2 aromatic rings. The van der Waals surface area contributed by atoms with Gasteiger partial charge in [0.15, 0.2) is 0 Å². The number of hydrogen-bond acceptors (Lipinski definition) is 4. The molecule has 1 aromatic carbocycles. The van der Waals surface area contributed by atoms with Crippen molar-refractivity contribution >= 4 is 22.9 Å². The largest absolute Gasteiger partial charge is 0.496 e. The molecule has 2 N–H and O–H groups in total. The van der Waals surface area contributed by atoms with Crippen LogP contribution >= 0.6 is 22.9 Å². The minimum Gasteiger partial charge on any atom is -0.496 e. The number of hydrogen-bond donors (Lipinski definition) is 1. The monoisotopic (exact) mass is 324 g/mol. The molecule has 114 valence electrons. The zero-order valence-corrected chi connectivity index (χ0v) is 14.4. The van der Waals surface area contributed by atoms with E-state index < -0.39 is 0 Å². The summed E-state index contributed by atoms with van der Waals surface area (Å²) < 4.78 is 5.36. The summed E-state index contributed by atoms with van der Waals surface area (Å²) in [7, 11) is 1.63. The van der Waals surface area contributed by atoms with Crippen molar-refractivity contribution in [3.05, 3.63) is 44.9 Å². The number of rotatable bonds is 4. The average Bonchev–Trinajstić information content (AvgIpc) is 2.86. The normalized spacial score (nSPS) is 13.2. The molecule has 1 atom stereocenters. The van der Waals surface area contributed by atoms with Crippen molar-refractivity contribution < 1.29 is 4.74 Å². The fourth-order valence-corrected chi connectivity index (χ4v) is 3.28. The van der Waals surface area contributed by atoms with Crippen LogP contribution in [0.2, 0.25) is 5.02 Å². The fraction of sp³-hybridized carbons (Fsp3) is 0.438. The molecule has 1 aromatic heterocycles. The Balaban J connectivity index is 2.18. The van der Waals surface area contributed by atoms with Crippen molar-refractivity contribution in [2.75, 3.05) is 7.11 Å². The van der Waals surface area contributed by atoms with E-state index in [1.165, 1.54) is 0 Å². The Bertz CT molecular complexity index is 619. The van der Waals surface area contributed by atoms with Crippen LogP contribution in [0.4, 0.5) is 0 Å². The number of halogens is 1. The molecule has 0 aliphatic heterocycles. The van der Waals surface area contributed by atoms with E-state index in [1.54, 1.807) is 24.5 Å². The van der Waals surface area contributed by atoms with Crippen LogP contribution in [0.3, 0.4) is 0 Å². The molecule has 0 aliphatic carbocycles. The molecular weight excluding hydrogens is 304 g/mol. The van der Waals surface area contributed by atoms with Gasteiger partial charge in [0.2, 0.25) is 0 Å². The summed E-state index contributed by atoms with van der Waals surface area (Å²) in [5.41, 5.74) is 8.44. The quantitative estimate of drug-likeness (QED) is 0.909. The summed E-state index contributed by atoms with van der Waals surface area (Å²) >= 11 is 7.64. The van der Waals surface area contributed by atoms with E-state index in [1.807, 2.05) is 12.1 Å². The predicted octanol–water partition coefficient (Wildman–Crippen LogP) is 4.35. The van der Waals surface area contributed by atoms with Gasteiger partial charge in [0, 0.05) is 33.8 Å². The molecule has 0 spiro atoms. The number of aromatic nitrogens is 1. The van der Waals surface area contributed by atoms with Crippen LogP contribution in [-0.2, 0) is 11.8 Å². The molecule has 5 heteroatoms. The second kappa shape index (κ2) is 6.34. The van der Waals surface area contributed by atoms with E-state index in [0.29, 0.717) is 11.4 Å². The van der Waals surface area contributed by atoms with Gasteiger partial charge in [-0.2, -0.15) is 0 Å². The first-order valence-electron chi connectivity index (χ1n) is 6.85. The van der Waals surface area contributed by atoms with E-state index in [4.69, 9.17) is 27.1 Å². The summed E-state index contributed by atoms with van der Waals surface area (Å²) in [5, 5.41) is 3.80. The lowest BCUT2D eigenvalue weighted by Gasteiger charge is -2.16. The highest BCUT2D eigenvalue weighted by Gasteiger charge is 2.19. The number of benzene rings is 1. The minimum atomic E-state index is -0.156. The van der Waals surface area contributed by atoms with Crippen LogP contribution in [0.1, 0.15) is 43.1 Å². The van der Waals surface area contributed by atoms with E-state index >= 15 is 0 Å². The van der Waals surface area contributed by atoms with Gasteiger partial charge in [0.25, 0.3) is 0 Å². The highest BCUT2D eigenvalue weighted by molar-refractivity contribution is 7.09. The Morgan fingerprint density at radius 2 is 2.10 bits per heavy atom.